The molecule has 20 heavy (non-hydrogen) atoms. The van der Waals surface area contributed by atoms with Crippen LogP contribution in [0.1, 0.15) is 50.6 Å². The molecule has 0 aromatic heterocycles. The molecule has 1 N–H and O–H groups in total. The Morgan fingerprint density at radius 3 is 2.40 bits per heavy atom. The summed E-state index contributed by atoms with van der Waals surface area (Å²) in [5, 5.41) is 9.62. The summed E-state index contributed by atoms with van der Waals surface area (Å²) in [4.78, 5) is 0. The molecule has 4 nitrogen and oxygen atoms in total. The van der Waals surface area contributed by atoms with Gasteiger partial charge in [-0.2, -0.15) is 4.31 Å². The molecule has 0 bridgehead atoms. The molecule has 0 spiro atoms. The first-order valence-electron chi connectivity index (χ1n) is 7.19. The number of sulfonamides is 1. The van der Waals surface area contributed by atoms with Gasteiger partial charge < -0.3 is 5.11 Å². The molecule has 0 saturated heterocycles. The molecule has 1 fully saturated rings. The number of phenolic OH excluding ortho intramolecular Hbond substituents is 1. The number of phenols is 1. The molecule has 0 radical (unpaired) electrons. The lowest BCUT2D eigenvalue weighted by molar-refractivity contribution is 0.365. The molecule has 1 aromatic carbocycles. The highest BCUT2D eigenvalue weighted by Crippen LogP contribution is 2.33. The number of benzene rings is 1. The standard InChI is InChI=1S/C15H23NO3S/c1-12(14-10-6-7-11-15(14)17)16(2)20(18,19)13-8-4-3-5-9-13/h6-7,10-13,17H,3-5,8-9H2,1-2H3. The largest absolute Gasteiger partial charge is 0.508 e. The van der Waals surface area contributed by atoms with Crippen molar-refractivity contribution in [1.29, 1.82) is 0 Å². The minimum atomic E-state index is -3.30. The van der Waals surface area contributed by atoms with Crippen LogP contribution in [-0.2, 0) is 10.0 Å². The highest BCUT2D eigenvalue weighted by Gasteiger charge is 2.34. The Hall–Kier alpha value is -1.07. The van der Waals surface area contributed by atoms with E-state index in [1.165, 1.54) is 4.31 Å². The quantitative estimate of drug-likeness (QED) is 0.929. The van der Waals surface area contributed by atoms with Crippen molar-refractivity contribution in [2.75, 3.05) is 7.05 Å². The fourth-order valence-electron chi connectivity index (χ4n) is 2.86. The second kappa shape index (κ2) is 6.14. The van der Waals surface area contributed by atoms with E-state index in [1.807, 2.05) is 13.0 Å². The number of para-hydroxylation sites is 1. The average molecular weight is 297 g/mol. The smallest absolute Gasteiger partial charge is 0.217 e. The Bertz CT molecular complexity index is 550. The monoisotopic (exact) mass is 297 g/mol. The number of hydrogen-bond acceptors (Lipinski definition) is 3. The predicted molar refractivity (Wildman–Crippen MR) is 80.1 cm³/mol. The van der Waals surface area contributed by atoms with Gasteiger partial charge in [0, 0.05) is 12.6 Å². The van der Waals surface area contributed by atoms with E-state index in [9.17, 15) is 13.5 Å². The summed E-state index contributed by atoms with van der Waals surface area (Å²) in [5.41, 5.74) is 0.648. The third-order valence-corrected chi connectivity index (χ3v) is 6.74. The van der Waals surface area contributed by atoms with Crippen molar-refractivity contribution in [3.63, 3.8) is 0 Å². The Kier molecular flexibility index (Phi) is 4.70. The van der Waals surface area contributed by atoms with Crippen LogP contribution in [0.3, 0.4) is 0 Å². The molecule has 1 aliphatic carbocycles. The van der Waals surface area contributed by atoms with Crippen molar-refractivity contribution in [1.82, 2.24) is 4.31 Å². The van der Waals surface area contributed by atoms with Crippen LogP contribution in [0.15, 0.2) is 24.3 Å². The van der Waals surface area contributed by atoms with Crippen LogP contribution in [-0.4, -0.2) is 30.1 Å². The van der Waals surface area contributed by atoms with E-state index in [0.29, 0.717) is 5.56 Å². The third-order valence-electron chi connectivity index (χ3n) is 4.31. The summed E-state index contributed by atoms with van der Waals surface area (Å²) in [6, 6.07) is 6.55. The summed E-state index contributed by atoms with van der Waals surface area (Å²) >= 11 is 0. The maximum absolute atomic E-state index is 12.7. The molecule has 5 heteroatoms. The number of rotatable bonds is 4. The molecule has 0 amide bonds. The van der Waals surface area contributed by atoms with Gasteiger partial charge in [-0.1, -0.05) is 37.5 Å². The third kappa shape index (κ3) is 2.99. The summed E-state index contributed by atoms with van der Waals surface area (Å²) in [7, 11) is -1.69. The van der Waals surface area contributed by atoms with Crippen molar-refractivity contribution in [3.05, 3.63) is 29.8 Å². The van der Waals surface area contributed by atoms with Crippen LogP contribution >= 0.6 is 0 Å². The first kappa shape index (κ1) is 15.3. The van der Waals surface area contributed by atoms with Gasteiger partial charge in [-0.25, -0.2) is 8.42 Å². The number of hydrogen-bond donors (Lipinski definition) is 1. The van der Waals surface area contributed by atoms with Gasteiger partial charge in [0.1, 0.15) is 5.75 Å². The van der Waals surface area contributed by atoms with Gasteiger partial charge >= 0.3 is 0 Å². The Morgan fingerprint density at radius 2 is 1.80 bits per heavy atom. The lowest BCUT2D eigenvalue weighted by Crippen LogP contribution is -2.38. The van der Waals surface area contributed by atoms with Gasteiger partial charge in [-0.05, 0) is 25.8 Å². The van der Waals surface area contributed by atoms with E-state index < -0.39 is 10.0 Å². The van der Waals surface area contributed by atoms with E-state index in [2.05, 4.69) is 0 Å². The first-order chi connectivity index (χ1) is 9.44. The summed E-state index contributed by atoms with van der Waals surface area (Å²) in [6.45, 7) is 1.81. The minimum Gasteiger partial charge on any atom is -0.508 e. The van der Waals surface area contributed by atoms with Gasteiger partial charge in [0.25, 0.3) is 0 Å². The van der Waals surface area contributed by atoms with E-state index in [1.54, 1.807) is 25.2 Å². The van der Waals surface area contributed by atoms with Crippen LogP contribution < -0.4 is 0 Å². The van der Waals surface area contributed by atoms with Gasteiger partial charge in [0.05, 0.1) is 11.3 Å². The molecule has 2 rings (SSSR count). The molecule has 0 heterocycles. The van der Waals surface area contributed by atoms with Gasteiger partial charge in [-0.3, -0.25) is 0 Å². The van der Waals surface area contributed by atoms with Crippen LogP contribution in [0.25, 0.3) is 0 Å². The van der Waals surface area contributed by atoms with Crippen LogP contribution in [0.2, 0.25) is 0 Å². The van der Waals surface area contributed by atoms with Crippen molar-refractivity contribution < 1.29 is 13.5 Å². The summed E-state index contributed by atoms with van der Waals surface area (Å²) in [6.07, 6.45) is 4.61. The molecular weight excluding hydrogens is 274 g/mol. The summed E-state index contributed by atoms with van der Waals surface area (Å²) < 4.78 is 26.7. The minimum absolute atomic E-state index is 0.144. The zero-order valence-corrected chi connectivity index (χ0v) is 12.9. The maximum Gasteiger partial charge on any atom is 0.217 e. The lowest BCUT2D eigenvalue weighted by Gasteiger charge is -2.31. The zero-order valence-electron chi connectivity index (χ0n) is 12.1. The molecule has 1 aliphatic rings. The SMILES string of the molecule is CC(c1ccccc1O)N(C)S(=O)(=O)C1CCCCC1. The Balaban J connectivity index is 2.21. The van der Waals surface area contributed by atoms with Gasteiger partial charge in [0.2, 0.25) is 10.0 Å². The fraction of sp³-hybridized carbons (Fsp3) is 0.600. The highest BCUT2D eigenvalue weighted by molar-refractivity contribution is 7.89. The number of nitrogens with zero attached hydrogens (tertiary/aromatic N) is 1. The normalized spacial score (nSPS) is 19.1. The molecule has 1 atom stereocenters. The molecule has 1 saturated carbocycles. The second-order valence-corrected chi connectivity index (χ2v) is 7.83. The van der Waals surface area contributed by atoms with Crippen molar-refractivity contribution in [3.8, 4) is 5.75 Å². The van der Waals surface area contributed by atoms with E-state index in [-0.39, 0.29) is 17.0 Å². The van der Waals surface area contributed by atoms with Crippen molar-refractivity contribution in [2.24, 2.45) is 0 Å². The van der Waals surface area contributed by atoms with Gasteiger partial charge in [-0.15, -0.1) is 0 Å². The molecule has 0 aliphatic heterocycles. The van der Waals surface area contributed by atoms with Crippen LogP contribution in [0.5, 0.6) is 5.75 Å². The lowest BCUT2D eigenvalue weighted by atomic mass is 10.0. The van der Waals surface area contributed by atoms with Crippen molar-refractivity contribution >= 4 is 10.0 Å². The zero-order chi connectivity index (χ0) is 14.8. The molecular formula is C15H23NO3S. The Labute approximate surface area is 121 Å². The van der Waals surface area contributed by atoms with E-state index in [0.717, 1.165) is 32.1 Å². The highest BCUT2D eigenvalue weighted by atomic mass is 32.2. The van der Waals surface area contributed by atoms with E-state index in [4.69, 9.17) is 0 Å². The number of aromatic hydroxyl groups is 1. The Morgan fingerprint density at radius 1 is 1.20 bits per heavy atom. The van der Waals surface area contributed by atoms with E-state index >= 15 is 0 Å². The first-order valence-corrected chi connectivity index (χ1v) is 8.69. The predicted octanol–water partition coefficient (Wildman–Crippen LogP) is 3.05. The second-order valence-electron chi connectivity index (χ2n) is 5.56. The van der Waals surface area contributed by atoms with Gasteiger partial charge in [0.15, 0.2) is 0 Å². The van der Waals surface area contributed by atoms with Crippen LogP contribution in [0.4, 0.5) is 0 Å². The fourth-order valence-corrected chi connectivity index (χ4v) is 4.81. The average Bonchev–Trinajstić information content (AvgIpc) is 2.47. The maximum atomic E-state index is 12.7. The molecule has 1 unspecified atom stereocenters. The topological polar surface area (TPSA) is 57.6 Å². The van der Waals surface area contributed by atoms with Crippen LogP contribution in [0, 0.1) is 0 Å². The molecule has 112 valence electrons. The molecule has 1 aromatic rings. The summed E-state index contributed by atoms with van der Waals surface area (Å²) in [5.74, 6) is 0.144. The van der Waals surface area contributed by atoms with Crippen molar-refractivity contribution in [2.45, 2.75) is 50.3 Å².